The number of carbonyl (C=O) groups excluding carboxylic acids is 2. The SMILES string of the molecule is CC/C=C\C/C=C\C/C=C\C/C=C\C/C=C\C/C=C\C/C=C\CCCCCCCCCCCCCCCC(=O)OC(CO)COC(=O)CCCCCCCCCCCCCCCCCCCCCCCCCCCCC/C=C\C/C=C\CCCCCCC. The second-order valence-corrected chi connectivity index (χ2v) is 25.7. The third kappa shape index (κ3) is 75.0. The number of aliphatic hydroxyl groups is 1. The molecule has 508 valence electrons. The van der Waals surface area contributed by atoms with E-state index in [1.54, 1.807) is 0 Å². The molecule has 5 heteroatoms. The van der Waals surface area contributed by atoms with Crippen molar-refractivity contribution in [1.29, 1.82) is 0 Å². The zero-order chi connectivity index (χ0) is 63.3. The number of aliphatic hydroxyl groups excluding tert-OH is 1. The largest absolute Gasteiger partial charge is 0.462 e. The molecule has 0 aliphatic rings. The number of carbonyl (C=O) groups is 2. The van der Waals surface area contributed by atoms with Crippen molar-refractivity contribution in [1.82, 2.24) is 0 Å². The highest BCUT2D eigenvalue weighted by atomic mass is 16.6. The number of hydrogen-bond acceptors (Lipinski definition) is 5. The van der Waals surface area contributed by atoms with Crippen LogP contribution in [0.1, 0.15) is 386 Å². The molecule has 5 nitrogen and oxygen atoms in total. The van der Waals surface area contributed by atoms with E-state index in [-0.39, 0.29) is 25.2 Å². The van der Waals surface area contributed by atoms with Gasteiger partial charge in [0.05, 0.1) is 6.61 Å². The molecule has 0 amide bonds. The summed E-state index contributed by atoms with van der Waals surface area (Å²) in [4.78, 5) is 24.7. The van der Waals surface area contributed by atoms with Crippen LogP contribution in [0, 0.1) is 0 Å². The van der Waals surface area contributed by atoms with Gasteiger partial charge in [-0.2, -0.15) is 0 Å². The lowest BCUT2D eigenvalue weighted by atomic mass is 10.0. The summed E-state index contributed by atoms with van der Waals surface area (Å²) in [5.74, 6) is -0.578. The molecule has 1 atom stereocenters. The number of allylic oxidation sites excluding steroid dienone is 18. The molecular formula is C83H146O5. The Morgan fingerprint density at radius 2 is 0.489 bits per heavy atom. The first kappa shape index (κ1) is 84.6. The van der Waals surface area contributed by atoms with Crippen LogP contribution >= 0.6 is 0 Å². The summed E-state index contributed by atoms with van der Waals surface area (Å²) in [7, 11) is 0. The molecule has 0 aromatic rings. The molecule has 0 saturated heterocycles. The molecule has 0 fully saturated rings. The molecule has 88 heavy (non-hydrogen) atoms. The minimum Gasteiger partial charge on any atom is -0.462 e. The molecule has 0 aromatic carbocycles. The summed E-state index contributed by atoms with van der Waals surface area (Å²) in [6.45, 7) is 4.06. The van der Waals surface area contributed by atoms with Crippen LogP contribution in [0.4, 0.5) is 0 Å². The molecular weight excluding hydrogens is 1080 g/mol. The topological polar surface area (TPSA) is 72.8 Å². The summed E-state index contributed by atoms with van der Waals surface area (Å²) in [6.07, 6.45) is 113. The Hall–Kier alpha value is -3.44. The highest BCUT2D eigenvalue weighted by molar-refractivity contribution is 5.70. The lowest BCUT2D eigenvalue weighted by Gasteiger charge is -2.15. The lowest BCUT2D eigenvalue weighted by Crippen LogP contribution is -2.28. The van der Waals surface area contributed by atoms with Crippen LogP contribution in [0.25, 0.3) is 0 Å². The van der Waals surface area contributed by atoms with Crippen LogP contribution in [-0.2, 0) is 19.1 Å². The fourth-order valence-electron chi connectivity index (χ4n) is 11.3. The van der Waals surface area contributed by atoms with Crippen LogP contribution in [0.5, 0.6) is 0 Å². The Balaban J connectivity index is 3.43. The van der Waals surface area contributed by atoms with Gasteiger partial charge in [-0.25, -0.2) is 0 Å². The van der Waals surface area contributed by atoms with Crippen LogP contribution in [-0.4, -0.2) is 36.4 Å². The summed E-state index contributed by atoms with van der Waals surface area (Å²) in [5.41, 5.74) is 0. The van der Waals surface area contributed by atoms with E-state index < -0.39 is 6.10 Å². The van der Waals surface area contributed by atoms with Gasteiger partial charge in [0.15, 0.2) is 6.10 Å². The Morgan fingerprint density at radius 3 is 0.739 bits per heavy atom. The van der Waals surface area contributed by atoms with Crippen molar-refractivity contribution in [3.63, 3.8) is 0 Å². The molecule has 0 rings (SSSR count). The maximum absolute atomic E-state index is 12.4. The third-order valence-electron chi connectivity index (χ3n) is 17.1. The highest BCUT2D eigenvalue weighted by Crippen LogP contribution is 2.19. The van der Waals surface area contributed by atoms with E-state index in [9.17, 15) is 14.7 Å². The quantitative estimate of drug-likeness (QED) is 0.0373. The molecule has 0 heterocycles. The van der Waals surface area contributed by atoms with Crippen molar-refractivity contribution >= 4 is 11.9 Å². The number of ether oxygens (including phenoxy) is 2. The zero-order valence-corrected chi connectivity index (χ0v) is 58.5. The fraction of sp³-hybridized carbons (Fsp3) is 0.759. The number of unbranched alkanes of at least 4 members (excludes halogenated alkanes) is 45. The van der Waals surface area contributed by atoms with Gasteiger partial charge in [0.25, 0.3) is 0 Å². The van der Waals surface area contributed by atoms with Crippen molar-refractivity contribution in [3.05, 3.63) is 109 Å². The molecule has 1 unspecified atom stereocenters. The van der Waals surface area contributed by atoms with Gasteiger partial charge in [-0.05, 0) is 103 Å². The number of hydrogen-bond donors (Lipinski definition) is 1. The first-order chi connectivity index (χ1) is 43.6. The lowest BCUT2D eigenvalue weighted by molar-refractivity contribution is -0.161. The van der Waals surface area contributed by atoms with Crippen LogP contribution in [0.15, 0.2) is 109 Å². The fourth-order valence-corrected chi connectivity index (χ4v) is 11.3. The van der Waals surface area contributed by atoms with Crippen molar-refractivity contribution in [2.75, 3.05) is 13.2 Å². The minimum absolute atomic E-state index is 0.0659. The van der Waals surface area contributed by atoms with Gasteiger partial charge in [-0.3, -0.25) is 9.59 Å². The van der Waals surface area contributed by atoms with Crippen LogP contribution in [0.2, 0.25) is 0 Å². The predicted octanol–water partition coefficient (Wildman–Crippen LogP) is 27.1. The molecule has 0 radical (unpaired) electrons. The average Bonchev–Trinajstić information content (AvgIpc) is 3.54. The minimum atomic E-state index is -0.778. The van der Waals surface area contributed by atoms with Gasteiger partial charge in [-0.15, -0.1) is 0 Å². The van der Waals surface area contributed by atoms with Crippen molar-refractivity contribution < 1.29 is 24.2 Å². The maximum atomic E-state index is 12.4. The van der Waals surface area contributed by atoms with E-state index in [2.05, 4.69) is 123 Å². The van der Waals surface area contributed by atoms with Gasteiger partial charge in [0, 0.05) is 12.8 Å². The van der Waals surface area contributed by atoms with Gasteiger partial charge < -0.3 is 14.6 Å². The van der Waals surface area contributed by atoms with E-state index in [0.29, 0.717) is 12.8 Å². The van der Waals surface area contributed by atoms with E-state index in [1.807, 2.05) is 0 Å². The van der Waals surface area contributed by atoms with Gasteiger partial charge in [0.2, 0.25) is 0 Å². The van der Waals surface area contributed by atoms with Gasteiger partial charge >= 0.3 is 11.9 Å². The molecule has 0 saturated carbocycles. The van der Waals surface area contributed by atoms with E-state index in [4.69, 9.17) is 9.47 Å². The van der Waals surface area contributed by atoms with Crippen LogP contribution < -0.4 is 0 Å². The molecule has 0 spiro atoms. The number of rotatable bonds is 71. The van der Waals surface area contributed by atoms with Crippen molar-refractivity contribution in [3.8, 4) is 0 Å². The average molecular weight is 1220 g/mol. The Kier molecular flexibility index (Phi) is 74.8. The maximum Gasteiger partial charge on any atom is 0.306 e. The van der Waals surface area contributed by atoms with E-state index in [1.165, 1.54) is 270 Å². The Morgan fingerprint density at radius 1 is 0.273 bits per heavy atom. The van der Waals surface area contributed by atoms with Crippen LogP contribution in [0.3, 0.4) is 0 Å². The molecule has 1 N–H and O–H groups in total. The van der Waals surface area contributed by atoms with Gasteiger partial charge in [-0.1, -0.05) is 380 Å². The summed E-state index contributed by atoms with van der Waals surface area (Å²) in [5, 5.41) is 9.72. The molecule has 0 bridgehead atoms. The van der Waals surface area contributed by atoms with E-state index in [0.717, 1.165) is 89.9 Å². The number of esters is 2. The zero-order valence-electron chi connectivity index (χ0n) is 58.5. The summed E-state index contributed by atoms with van der Waals surface area (Å²) >= 11 is 0. The molecule has 0 aromatic heterocycles. The molecule has 0 aliphatic carbocycles. The van der Waals surface area contributed by atoms with E-state index >= 15 is 0 Å². The monoisotopic (exact) mass is 1220 g/mol. The van der Waals surface area contributed by atoms with Crippen molar-refractivity contribution in [2.45, 2.75) is 392 Å². The predicted molar refractivity (Wildman–Crippen MR) is 389 cm³/mol. The third-order valence-corrected chi connectivity index (χ3v) is 17.1. The summed E-state index contributed by atoms with van der Waals surface area (Å²) < 4.78 is 10.8. The Labute approximate surface area is 548 Å². The molecule has 0 aliphatic heterocycles. The second kappa shape index (κ2) is 77.8. The second-order valence-electron chi connectivity index (χ2n) is 25.7. The first-order valence-electron chi connectivity index (χ1n) is 38.4. The normalized spacial score (nSPS) is 12.8. The Bertz CT molecular complexity index is 1670. The van der Waals surface area contributed by atoms with Crippen molar-refractivity contribution in [2.24, 2.45) is 0 Å². The first-order valence-corrected chi connectivity index (χ1v) is 38.4. The standard InChI is InChI=1S/C83H146O5/c1-3-5-7-9-11-13-15-17-19-21-23-25-27-29-31-33-35-37-39-40-41-42-44-45-47-49-51-53-55-57-59-61-63-65-67-69-71-73-75-77-82(85)87-80-81(79-84)88-83(86)78-76-74-72-70-68-66-64-62-60-58-56-54-52-50-48-46-43-38-36-34-32-30-28-26-24-22-20-18-16-14-12-10-8-6-4-2/h6,8,12,14-15,17-18,20-21,23-24,26,30,32,36,38,46,48,81,84H,3-5,7,9-11,13,16,19,22,25,27-29,31,33-35,37,39-45,47,49-80H2,1-2H3/b8-6-,14-12-,17-15-,20-18-,23-21-,26-24-,32-30-,38-36-,48-46-. The van der Waals surface area contributed by atoms with Gasteiger partial charge in [0.1, 0.15) is 6.61 Å². The summed E-state index contributed by atoms with van der Waals surface area (Å²) in [6, 6.07) is 0. The highest BCUT2D eigenvalue weighted by Gasteiger charge is 2.16. The smallest absolute Gasteiger partial charge is 0.306 e.